The van der Waals surface area contributed by atoms with Gasteiger partial charge in [0.15, 0.2) is 5.76 Å². The van der Waals surface area contributed by atoms with E-state index < -0.39 is 0 Å². The second-order valence-electron chi connectivity index (χ2n) is 7.28. The van der Waals surface area contributed by atoms with E-state index in [1.54, 1.807) is 29.4 Å². The van der Waals surface area contributed by atoms with Crippen molar-refractivity contribution in [2.45, 2.75) is 6.42 Å². The quantitative estimate of drug-likeness (QED) is 0.728. The number of nitrogens with zero attached hydrogens (tertiary/aromatic N) is 6. The Labute approximate surface area is 169 Å². The van der Waals surface area contributed by atoms with Crippen molar-refractivity contribution in [2.24, 2.45) is 0 Å². The largest absolute Gasteiger partial charge is 0.459 e. The highest BCUT2D eigenvalue weighted by Gasteiger charge is 2.26. The van der Waals surface area contributed by atoms with E-state index in [1.807, 2.05) is 11.0 Å². The third-order valence-electron chi connectivity index (χ3n) is 5.50. The number of furan rings is 1. The first kappa shape index (κ1) is 19.4. The van der Waals surface area contributed by atoms with Crippen LogP contribution in [0, 0.1) is 0 Å². The molecule has 2 aromatic rings. The molecule has 0 radical (unpaired) electrons. The second-order valence-corrected chi connectivity index (χ2v) is 7.28. The van der Waals surface area contributed by atoms with E-state index in [9.17, 15) is 9.59 Å². The van der Waals surface area contributed by atoms with Gasteiger partial charge in [0.1, 0.15) is 0 Å². The Morgan fingerprint density at radius 3 is 2.24 bits per heavy atom. The Morgan fingerprint density at radius 2 is 1.59 bits per heavy atom. The Balaban J connectivity index is 1.17. The molecule has 4 rings (SSSR count). The maximum Gasteiger partial charge on any atom is 0.289 e. The number of carbonyl (C=O) groups excluding carboxylic acids is 2. The molecule has 4 heterocycles. The summed E-state index contributed by atoms with van der Waals surface area (Å²) in [7, 11) is 0. The van der Waals surface area contributed by atoms with E-state index >= 15 is 0 Å². The zero-order chi connectivity index (χ0) is 20.1. The summed E-state index contributed by atoms with van der Waals surface area (Å²) in [6.07, 6.45) is 5.53. The van der Waals surface area contributed by atoms with Crippen LogP contribution in [-0.2, 0) is 4.79 Å². The van der Waals surface area contributed by atoms with Crippen LogP contribution in [0.1, 0.15) is 17.0 Å². The van der Waals surface area contributed by atoms with E-state index in [1.165, 1.54) is 6.26 Å². The molecule has 2 aromatic heterocycles. The van der Waals surface area contributed by atoms with Gasteiger partial charge in [-0.15, -0.1) is 0 Å². The fraction of sp³-hybridized carbons (Fsp3) is 0.500. The van der Waals surface area contributed by atoms with Gasteiger partial charge >= 0.3 is 0 Å². The first-order valence-electron chi connectivity index (χ1n) is 10.1. The molecule has 2 aliphatic rings. The molecule has 0 aliphatic carbocycles. The van der Waals surface area contributed by atoms with Crippen molar-refractivity contribution in [3.05, 3.63) is 42.6 Å². The minimum atomic E-state index is -0.109. The summed E-state index contributed by atoms with van der Waals surface area (Å²) in [5.74, 6) is 1.17. The van der Waals surface area contributed by atoms with Gasteiger partial charge in [-0.2, -0.15) is 0 Å². The van der Waals surface area contributed by atoms with Crippen LogP contribution in [0.25, 0.3) is 0 Å². The van der Waals surface area contributed by atoms with Crippen LogP contribution in [0.5, 0.6) is 0 Å². The summed E-state index contributed by atoms with van der Waals surface area (Å²) >= 11 is 0. The van der Waals surface area contributed by atoms with Gasteiger partial charge in [0, 0.05) is 77.7 Å². The average molecular weight is 398 g/mol. The summed E-state index contributed by atoms with van der Waals surface area (Å²) in [6.45, 7) is 6.52. The van der Waals surface area contributed by atoms with Crippen LogP contribution in [0.15, 0.2) is 41.3 Å². The van der Waals surface area contributed by atoms with E-state index in [2.05, 4.69) is 19.8 Å². The monoisotopic (exact) mass is 398 g/mol. The minimum absolute atomic E-state index is 0.109. The fourth-order valence-electron chi connectivity index (χ4n) is 3.75. The fourth-order valence-corrected chi connectivity index (χ4v) is 3.75. The van der Waals surface area contributed by atoms with Crippen molar-refractivity contribution >= 4 is 17.8 Å². The lowest BCUT2D eigenvalue weighted by Gasteiger charge is -2.36. The molecule has 29 heavy (non-hydrogen) atoms. The lowest BCUT2D eigenvalue weighted by Crippen LogP contribution is -2.51. The van der Waals surface area contributed by atoms with Gasteiger partial charge in [-0.05, 0) is 18.2 Å². The molecule has 0 aromatic carbocycles. The molecular formula is C20H26N6O3. The summed E-state index contributed by atoms with van der Waals surface area (Å²) in [5, 5.41) is 0. The maximum atomic E-state index is 12.6. The molecule has 0 atom stereocenters. The molecule has 154 valence electrons. The Kier molecular flexibility index (Phi) is 6.04. The SMILES string of the molecule is O=C(CCN1CCN(c2ncccn2)CC1)N1CCN(C(=O)c2ccco2)CC1. The van der Waals surface area contributed by atoms with Crippen molar-refractivity contribution in [3.8, 4) is 0 Å². The van der Waals surface area contributed by atoms with Crippen LogP contribution in [0.2, 0.25) is 0 Å². The first-order chi connectivity index (χ1) is 14.2. The Morgan fingerprint density at radius 1 is 0.897 bits per heavy atom. The highest BCUT2D eigenvalue weighted by molar-refractivity contribution is 5.91. The molecule has 2 amide bonds. The number of anilines is 1. The van der Waals surface area contributed by atoms with Crippen LogP contribution in [0.4, 0.5) is 5.95 Å². The van der Waals surface area contributed by atoms with Crippen LogP contribution in [-0.4, -0.2) is 95.4 Å². The van der Waals surface area contributed by atoms with Gasteiger partial charge in [0.25, 0.3) is 5.91 Å². The van der Waals surface area contributed by atoms with Crippen molar-refractivity contribution in [3.63, 3.8) is 0 Å². The summed E-state index contributed by atoms with van der Waals surface area (Å²) < 4.78 is 5.18. The highest BCUT2D eigenvalue weighted by Crippen LogP contribution is 2.12. The number of amides is 2. The maximum absolute atomic E-state index is 12.6. The number of hydrogen-bond donors (Lipinski definition) is 0. The van der Waals surface area contributed by atoms with E-state index in [0.717, 1.165) is 38.7 Å². The summed E-state index contributed by atoms with van der Waals surface area (Å²) in [6, 6.07) is 5.20. The van der Waals surface area contributed by atoms with Crippen molar-refractivity contribution < 1.29 is 14.0 Å². The number of piperazine rings is 2. The summed E-state index contributed by atoms with van der Waals surface area (Å²) in [4.78, 5) is 41.6. The van der Waals surface area contributed by atoms with Crippen LogP contribution in [0.3, 0.4) is 0 Å². The Hall–Kier alpha value is -2.94. The van der Waals surface area contributed by atoms with Crippen molar-refractivity contribution in [2.75, 3.05) is 63.8 Å². The number of hydrogen-bond acceptors (Lipinski definition) is 7. The molecule has 0 spiro atoms. The molecule has 0 unspecified atom stereocenters. The number of carbonyl (C=O) groups is 2. The second kappa shape index (κ2) is 9.04. The van der Waals surface area contributed by atoms with Crippen molar-refractivity contribution in [1.29, 1.82) is 0 Å². The van der Waals surface area contributed by atoms with Gasteiger partial charge in [0.2, 0.25) is 11.9 Å². The van der Waals surface area contributed by atoms with Gasteiger partial charge in [-0.25, -0.2) is 9.97 Å². The molecule has 2 fully saturated rings. The van der Waals surface area contributed by atoms with E-state index in [0.29, 0.717) is 38.4 Å². The molecule has 2 saturated heterocycles. The summed E-state index contributed by atoms with van der Waals surface area (Å²) in [5.41, 5.74) is 0. The minimum Gasteiger partial charge on any atom is -0.459 e. The topological polar surface area (TPSA) is 86.0 Å². The molecule has 2 aliphatic heterocycles. The average Bonchev–Trinajstić information content (AvgIpc) is 3.33. The van der Waals surface area contributed by atoms with Gasteiger partial charge in [-0.1, -0.05) is 0 Å². The third kappa shape index (κ3) is 4.73. The van der Waals surface area contributed by atoms with E-state index in [-0.39, 0.29) is 11.8 Å². The number of rotatable bonds is 5. The normalized spacial score (nSPS) is 18.1. The van der Waals surface area contributed by atoms with Crippen molar-refractivity contribution in [1.82, 2.24) is 24.7 Å². The first-order valence-corrected chi connectivity index (χ1v) is 10.1. The molecular weight excluding hydrogens is 372 g/mol. The lowest BCUT2D eigenvalue weighted by molar-refractivity contribution is -0.133. The predicted molar refractivity (Wildman–Crippen MR) is 106 cm³/mol. The van der Waals surface area contributed by atoms with Crippen LogP contribution >= 0.6 is 0 Å². The van der Waals surface area contributed by atoms with Gasteiger partial charge in [-0.3, -0.25) is 14.5 Å². The molecule has 0 N–H and O–H groups in total. The lowest BCUT2D eigenvalue weighted by atomic mass is 10.2. The Bertz CT molecular complexity index is 797. The van der Waals surface area contributed by atoms with E-state index in [4.69, 9.17) is 4.42 Å². The van der Waals surface area contributed by atoms with Gasteiger partial charge < -0.3 is 19.1 Å². The number of aromatic nitrogens is 2. The zero-order valence-corrected chi connectivity index (χ0v) is 16.4. The molecule has 0 saturated carbocycles. The zero-order valence-electron chi connectivity index (χ0n) is 16.4. The predicted octanol–water partition coefficient (Wildman–Crippen LogP) is 0.566. The van der Waals surface area contributed by atoms with Crippen LogP contribution < -0.4 is 4.90 Å². The molecule has 9 heteroatoms. The molecule has 0 bridgehead atoms. The van der Waals surface area contributed by atoms with Gasteiger partial charge in [0.05, 0.1) is 6.26 Å². The molecule has 9 nitrogen and oxygen atoms in total. The standard InChI is InChI=1S/C20H26N6O3/c27-18(24-12-14-25(15-13-24)19(28)17-3-1-16-29-17)4-7-23-8-10-26(11-9-23)20-21-5-2-6-22-20/h1-3,5-6,16H,4,7-15H2. The third-order valence-corrected chi connectivity index (χ3v) is 5.50. The highest BCUT2D eigenvalue weighted by atomic mass is 16.3. The smallest absolute Gasteiger partial charge is 0.289 e.